The molecule has 1 aromatic heterocycles. The summed E-state index contributed by atoms with van der Waals surface area (Å²) in [6, 6.07) is 30.5. The Labute approximate surface area is 269 Å². The molecule has 1 saturated heterocycles. The molecule has 1 amide bonds. The number of morpholine rings is 1. The zero-order valence-corrected chi connectivity index (χ0v) is 25.8. The van der Waals surface area contributed by atoms with Crippen LogP contribution >= 0.6 is 0 Å². The van der Waals surface area contributed by atoms with E-state index in [1.165, 1.54) is 11.3 Å². The summed E-state index contributed by atoms with van der Waals surface area (Å²) in [6.45, 7) is 3.88. The molecule has 5 aromatic rings. The lowest BCUT2D eigenvalue weighted by atomic mass is 9.98. The van der Waals surface area contributed by atoms with E-state index in [9.17, 15) is 4.79 Å². The smallest absolute Gasteiger partial charge is 0.257 e. The molecule has 0 aliphatic carbocycles. The van der Waals surface area contributed by atoms with Crippen LogP contribution in [0.1, 0.15) is 27.0 Å². The molecule has 2 aliphatic rings. The quantitative estimate of drug-likeness (QED) is 0.183. The molecule has 1 fully saturated rings. The fourth-order valence-electron chi connectivity index (χ4n) is 5.97. The number of nitrogens with one attached hydrogen (secondary N) is 2. The van der Waals surface area contributed by atoms with Crippen LogP contribution in [0, 0.1) is 0 Å². The second-order valence-electron chi connectivity index (χ2n) is 11.5. The van der Waals surface area contributed by atoms with E-state index in [0.717, 1.165) is 83.5 Å². The summed E-state index contributed by atoms with van der Waals surface area (Å²) in [6.07, 6.45) is 5.07. The molecule has 0 atom stereocenters. The van der Waals surface area contributed by atoms with Gasteiger partial charge in [-0.25, -0.2) is 0 Å². The van der Waals surface area contributed by atoms with E-state index in [1.807, 2.05) is 54.6 Å². The second kappa shape index (κ2) is 13.3. The fourth-order valence-corrected chi connectivity index (χ4v) is 5.97. The van der Waals surface area contributed by atoms with Gasteiger partial charge in [0, 0.05) is 44.0 Å². The van der Waals surface area contributed by atoms with E-state index in [2.05, 4.69) is 56.9 Å². The Morgan fingerprint density at radius 3 is 2.37 bits per heavy atom. The van der Waals surface area contributed by atoms with Crippen molar-refractivity contribution in [2.45, 2.75) is 12.8 Å². The minimum Gasteiger partial charge on any atom is -0.496 e. The molecular weight excluding hydrogens is 576 g/mol. The van der Waals surface area contributed by atoms with Crippen molar-refractivity contribution in [2.75, 3.05) is 55.6 Å². The Kier molecular flexibility index (Phi) is 8.52. The first-order chi connectivity index (χ1) is 22.6. The normalized spacial score (nSPS) is 13.9. The minimum atomic E-state index is -0.146. The average Bonchev–Trinajstić information content (AvgIpc) is 3.24. The third kappa shape index (κ3) is 6.53. The molecule has 7 rings (SSSR count). The van der Waals surface area contributed by atoms with Crippen LogP contribution in [0.15, 0.2) is 103 Å². The summed E-state index contributed by atoms with van der Waals surface area (Å²) in [5.41, 5.74) is 9.47. The number of benzene rings is 4. The number of methoxy groups -OCH3 is 1. The predicted octanol–water partition coefficient (Wildman–Crippen LogP) is 7.12. The van der Waals surface area contributed by atoms with Gasteiger partial charge in [-0.1, -0.05) is 24.3 Å². The van der Waals surface area contributed by atoms with Crippen LogP contribution in [0.4, 0.5) is 22.7 Å². The van der Waals surface area contributed by atoms with Gasteiger partial charge in [0.05, 0.1) is 49.6 Å². The number of fused-ring (bicyclic) bond motifs is 2. The molecule has 232 valence electrons. The van der Waals surface area contributed by atoms with E-state index >= 15 is 0 Å². The van der Waals surface area contributed by atoms with Gasteiger partial charge in [-0.3, -0.25) is 9.78 Å². The highest BCUT2D eigenvalue weighted by atomic mass is 16.5. The molecule has 2 aliphatic heterocycles. The van der Waals surface area contributed by atoms with Crippen molar-refractivity contribution >= 4 is 28.7 Å². The Bertz CT molecular complexity index is 1840. The molecule has 0 spiro atoms. The first kappa shape index (κ1) is 29.4. The maximum Gasteiger partial charge on any atom is 0.257 e. The predicted molar refractivity (Wildman–Crippen MR) is 182 cm³/mol. The highest BCUT2D eigenvalue weighted by Gasteiger charge is 2.20. The van der Waals surface area contributed by atoms with Gasteiger partial charge >= 0.3 is 0 Å². The Morgan fingerprint density at radius 2 is 1.57 bits per heavy atom. The number of carbonyl (C=O) groups excluding carboxylic acids is 1. The SMILES string of the molecule is COc1cc(-c2ccc3c(c2)Nc2ccc(CCOc4ccc(N5CCOCC5)cc4)cc2NC3=O)ccc1Cc1ccncc1. The first-order valence-corrected chi connectivity index (χ1v) is 15.6. The zero-order chi connectivity index (χ0) is 31.3. The minimum absolute atomic E-state index is 0.146. The van der Waals surface area contributed by atoms with Crippen LogP contribution in [-0.2, 0) is 17.6 Å². The van der Waals surface area contributed by atoms with Gasteiger partial charge < -0.3 is 29.7 Å². The number of nitrogens with zero attached hydrogens (tertiary/aromatic N) is 2. The van der Waals surface area contributed by atoms with Gasteiger partial charge in [0.2, 0.25) is 0 Å². The van der Waals surface area contributed by atoms with E-state index < -0.39 is 0 Å². The van der Waals surface area contributed by atoms with Crippen LogP contribution in [0.3, 0.4) is 0 Å². The highest BCUT2D eigenvalue weighted by molar-refractivity contribution is 6.12. The Balaban J connectivity index is 1.02. The van der Waals surface area contributed by atoms with Crippen LogP contribution < -0.4 is 25.0 Å². The third-order valence-electron chi connectivity index (χ3n) is 8.50. The standard InChI is InChI=1S/C38H36N4O4/c1-44-37-25-29(3-4-30(37)22-27-12-15-39-16-13-27)28-5-10-33-35(24-28)40-34-11-2-26(23-36(34)41-38(33)43)14-19-46-32-8-6-31(7-9-32)42-17-20-45-21-18-42/h2-13,15-16,23-25,40H,14,17-22H2,1H3,(H,41,43). The lowest BCUT2D eigenvalue weighted by Gasteiger charge is -2.28. The summed E-state index contributed by atoms with van der Waals surface area (Å²) >= 11 is 0. The number of hydrogen-bond donors (Lipinski definition) is 2. The fraction of sp³-hybridized carbons (Fsp3) is 0.211. The Hall–Kier alpha value is -5.34. The molecule has 3 heterocycles. The first-order valence-electron chi connectivity index (χ1n) is 15.6. The van der Waals surface area contributed by atoms with E-state index in [-0.39, 0.29) is 5.91 Å². The number of amides is 1. The zero-order valence-electron chi connectivity index (χ0n) is 25.8. The lowest BCUT2D eigenvalue weighted by Crippen LogP contribution is -2.36. The van der Waals surface area contributed by atoms with Crippen LogP contribution in [0.5, 0.6) is 11.5 Å². The molecular formula is C38H36N4O4. The van der Waals surface area contributed by atoms with Crippen molar-refractivity contribution in [3.63, 3.8) is 0 Å². The topological polar surface area (TPSA) is 85.0 Å². The molecule has 0 bridgehead atoms. The van der Waals surface area contributed by atoms with Gasteiger partial charge in [0.15, 0.2) is 0 Å². The van der Waals surface area contributed by atoms with E-state index in [0.29, 0.717) is 18.6 Å². The number of anilines is 4. The Morgan fingerprint density at radius 1 is 0.783 bits per heavy atom. The maximum absolute atomic E-state index is 13.3. The van der Waals surface area contributed by atoms with Gasteiger partial charge in [-0.05, 0) is 94.5 Å². The number of pyridine rings is 1. The molecule has 8 nitrogen and oxygen atoms in total. The van der Waals surface area contributed by atoms with Gasteiger partial charge in [0.25, 0.3) is 5.91 Å². The summed E-state index contributed by atoms with van der Waals surface area (Å²) in [5, 5.41) is 6.59. The van der Waals surface area contributed by atoms with Crippen molar-refractivity contribution in [1.82, 2.24) is 4.98 Å². The maximum atomic E-state index is 13.3. The molecule has 8 heteroatoms. The number of ether oxygens (including phenoxy) is 3. The van der Waals surface area contributed by atoms with Crippen LogP contribution in [-0.4, -0.2) is 50.9 Å². The molecule has 0 radical (unpaired) electrons. The van der Waals surface area contributed by atoms with E-state index in [4.69, 9.17) is 14.2 Å². The number of carbonyl (C=O) groups is 1. The van der Waals surface area contributed by atoms with Crippen molar-refractivity contribution in [2.24, 2.45) is 0 Å². The molecule has 2 N–H and O–H groups in total. The molecule has 46 heavy (non-hydrogen) atoms. The molecule has 0 saturated carbocycles. The lowest BCUT2D eigenvalue weighted by molar-refractivity contribution is 0.102. The molecule has 4 aromatic carbocycles. The van der Waals surface area contributed by atoms with Gasteiger partial charge in [-0.2, -0.15) is 0 Å². The summed E-state index contributed by atoms with van der Waals surface area (Å²) in [7, 11) is 1.69. The van der Waals surface area contributed by atoms with Crippen molar-refractivity contribution < 1.29 is 19.0 Å². The summed E-state index contributed by atoms with van der Waals surface area (Å²) < 4.78 is 17.3. The monoisotopic (exact) mass is 612 g/mol. The van der Waals surface area contributed by atoms with Crippen molar-refractivity contribution in [3.05, 3.63) is 126 Å². The van der Waals surface area contributed by atoms with E-state index in [1.54, 1.807) is 19.5 Å². The van der Waals surface area contributed by atoms with Gasteiger partial charge in [-0.15, -0.1) is 0 Å². The number of hydrogen-bond acceptors (Lipinski definition) is 7. The average molecular weight is 613 g/mol. The van der Waals surface area contributed by atoms with Gasteiger partial charge in [0.1, 0.15) is 11.5 Å². The van der Waals surface area contributed by atoms with Crippen molar-refractivity contribution in [3.8, 4) is 22.6 Å². The highest BCUT2D eigenvalue weighted by Crippen LogP contribution is 2.36. The van der Waals surface area contributed by atoms with Crippen molar-refractivity contribution in [1.29, 1.82) is 0 Å². The third-order valence-corrected chi connectivity index (χ3v) is 8.50. The number of aromatic nitrogens is 1. The number of rotatable bonds is 9. The largest absolute Gasteiger partial charge is 0.496 e. The second-order valence-corrected chi connectivity index (χ2v) is 11.5. The molecule has 0 unspecified atom stereocenters. The van der Waals surface area contributed by atoms with Crippen LogP contribution in [0.2, 0.25) is 0 Å². The van der Waals surface area contributed by atoms with Crippen LogP contribution in [0.25, 0.3) is 11.1 Å². The summed E-state index contributed by atoms with van der Waals surface area (Å²) in [5.74, 6) is 1.52. The summed E-state index contributed by atoms with van der Waals surface area (Å²) in [4.78, 5) is 19.7.